The number of hydrogen-bond acceptors (Lipinski definition) is 7. The van der Waals surface area contributed by atoms with Crippen molar-refractivity contribution >= 4 is 17.5 Å². The molecule has 1 saturated carbocycles. The Morgan fingerprint density at radius 2 is 1.88 bits per heavy atom. The fourth-order valence-corrected chi connectivity index (χ4v) is 2.18. The van der Waals surface area contributed by atoms with Crippen molar-refractivity contribution in [1.82, 2.24) is 20.8 Å². The zero-order valence-electron chi connectivity index (χ0n) is 13.1. The van der Waals surface area contributed by atoms with Gasteiger partial charge in [-0.2, -0.15) is 4.98 Å². The second kappa shape index (κ2) is 7.07. The molecule has 0 saturated heterocycles. The van der Waals surface area contributed by atoms with E-state index in [0.717, 1.165) is 12.8 Å². The van der Waals surface area contributed by atoms with Crippen LogP contribution in [0.1, 0.15) is 45.6 Å². The van der Waals surface area contributed by atoms with E-state index < -0.39 is 16.7 Å². The van der Waals surface area contributed by atoms with Crippen LogP contribution in [0.15, 0.2) is 28.8 Å². The van der Waals surface area contributed by atoms with Gasteiger partial charge in [0.15, 0.2) is 5.82 Å². The number of amides is 2. The van der Waals surface area contributed by atoms with Gasteiger partial charge < -0.3 is 15.2 Å². The van der Waals surface area contributed by atoms with Gasteiger partial charge in [0, 0.05) is 25.1 Å². The fourth-order valence-electron chi connectivity index (χ4n) is 2.18. The molecule has 1 fully saturated rings. The van der Waals surface area contributed by atoms with Crippen molar-refractivity contribution in [2.45, 2.75) is 18.8 Å². The van der Waals surface area contributed by atoms with Gasteiger partial charge in [0.25, 0.3) is 11.6 Å². The monoisotopic (exact) mass is 345 g/mol. The number of nitrogens with one attached hydrogen (secondary N) is 2. The molecular weight excluding hydrogens is 330 g/mol. The summed E-state index contributed by atoms with van der Waals surface area (Å²) in [5.74, 6) is -0.414. The molecule has 2 N–H and O–H groups in total. The topological polar surface area (TPSA) is 140 Å². The summed E-state index contributed by atoms with van der Waals surface area (Å²) in [4.78, 5) is 38.1. The van der Waals surface area contributed by atoms with Crippen LogP contribution < -0.4 is 10.6 Å². The van der Waals surface area contributed by atoms with Crippen molar-refractivity contribution in [2.24, 2.45) is 0 Å². The zero-order valence-corrected chi connectivity index (χ0v) is 13.1. The number of aromatic nitrogens is 2. The molecular formula is C15H15N5O5. The fraction of sp³-hybridized carbons (Fsp3) is 0.333. The van der Waals surface area contributed by atoms with Crippen molar-refractivity contribution in [1.29, 1.82) is 0 Å². The van der Waals surface area contributed by atoms with Gasteiger partial charge in [-0.15, -0.1) is 0 Å². The average molecular weight is 345 g/mol. The molecule has 2 aromatic rings. The van der Waals surface area contributed by atoms with Crippen LogP contribution in [0, 0.1) is 10.1 Å². The summed E-state index contributed by atoms with van der Waals surface area (Å²) >= 11 is 0. The molecule has 10 heteroatoms. The van der Waals surface area contributed by atoms with E-state index in [0.29, 0.717) is 5.82 Å². The van der Waals surface area contributed by atoms with Crippen molar-refractivity contribution in [3.05, 3.63) is 51.7 Å². The summed E-state index contributed by atoms with van der Waals surface area (Å²) in [6, 6.07) is 5.64. The smallest absolute Gasteiger partial charge is 0.315 e. The molecule has 0 spiro atoms. The maximum atomic E-state index is 12.0. The lowest BCUT2D eigenvalue weighted by Gasteiger charge is -2.06. The molecule has 0 atom stereocenters. The second-order valence-electron chi connectivity index (χ2n) is 5.52. The molecule has 0 aliphatic heterocycles. The third-order valence-corrected chi connectivity index (χ3v) is 3.62. The first kappa shape index (κ1) is 16.6. The first-order chi connectivity index (χ1) is 12.1. The SMILES string of the molecule is O=C(NCCNC(=O)c1ccccc1[N+](=O)[O-])c1nc(C2CC2)no1. The van der Waals surface area contributed by atoms with Crippen LogP contribution >= 0.6 is 0 Å². The van der Waals surface area contributed by atoms with E-state index in [4.69, 9.17) is 4.52 Å². The highest BCUT2D eigenvalue weighted by Crippen LogP contribution is 2.38. The van der Waals surface area contributed by atoms with E-state index >= 15 is 0 Å². The van der Waals surface area contributed by atoms with Gasteiger partial charge in [-0.05, 0) is 18.9 Å². The minimum absolute atomic E-state index is 0.0372. The Bertz CT molecular complexity index is 814. The molecule has 3 rings (SSSR count). The lowest BCUT2D eigenvalue weighted by Crippen LogP contribution is -2.35. The van der Waals surface area contributed by atoms with Crippen LogP contribution in [0.4, 0.5) is 5.69 Å². The minimum Gasteiger partial charge on any atom is -0.350 e. The molecule has 2 amide bonds. The van der Waals surface area contributed by atoms with Crippen LogP contribution in [0.5, 0.6) is 0 Å². The molecule has 1 heterocycles. The van der Waals surface area contributed by atoms with Crippen LogP contribution in [-0.2, 0) is 0 Å². The Kier molecular flexibility index (Phi) is 4.68. The average Bonchev–Trinajstić information content (AvgIpc) is 3.35. The van der Waals surface area contributed by atoms with Gasteiger partial charge in [0.05, 0.1) is 4.92 Å². The molecule has 0 unspecified atom stereocenters. The number of nitro groups is 1. The summed E-state index contributed by atoms with van der Waals surface area (Å²) in [5, 5.41) is 19.7. The number of nitrogens with zero attached hydrogens (tertiary/aromatic N) is 3. The Balaban J connectivity index is 1.47. The number of nitro benzene ring substituents is 1. The largest absolute Gasteiger partial charge is 0.350 e. The molecule has 25 heavy (non-hydrogen) atoms. The number of carbonyl (C=O) groups is 2. The molecule has 130 valence electrons. The van der Waals surface area contributed by atoms with Gasteiger partial charge in [-0.1, -0.05) is 17.3 Å². The summed E-state index contributed by atoms with van der Waals surface area (Å²) in [5.41, 5.74) is -0.313. The van der Waals surface area contributed by atoms with Crippen molar-refractivity contribution < 1.29 is 19.0 Å². The maximum absolute atomic E-state index is 12.0. The highest BCUT2D eigenvalue weighted by molar-refractivity contribution is 5.98. The minimum atomic E-state index is -0.621. The Hall–Kier alpha value is -3.30. The van der Waals surface area contributed by atoms with E-state index in [2.05, 4.69) is 20.8 Å². The Labute approximate surface area is 141 Å². The van der Waals surface area contributed by atoms with E-state index in [1.54, 1.807) is 0 Å². The van der Waals surface area contributed by atoms with Crippen LogP contribution in [-0.4, -0.2) is 40.0 Å². The molecule has 10 nitrogen and oxygen atoms in total. The van der Waals surface area contributed by atoms with Crippen molar-refractivity contribution in [3.8, 4) is 0 Å². The lowest BCUT2D eigenvalue weighted by molar-refractivity contribution is -0.385. The normalized spacial score (nSPS) is 13.3. The van der Waals surface area contributed by atoms with E-state index in [9.17, 15) is 19.7 Å². The standard InChI is InChI=1S/C15H15N5O5/c21-13(10-3-1-2-4-11(10)20(23)24)16-7-8-17-14(22)15-18-12(19-25-15)9-5-6-9/h1-4,9H,5-8H2,(H,16,21)(H,17,22). The van der Waals surface area contributed by atoms with Gasteiger partial charge in [-0.25, -0.2) is 0 Å². The first-order valence-electron chi connectivity index (χ1n) is 7.69. The predicted octanol–water partition coefficient (Wildman–Crippen LogP) is 1.01. The molecule has 1 aliphatic rings. The van der Waals surface area contributed by atoms with Gasteiger partial charge in [0.2, 0.25) is 0 Å². The summed E-state index contributed by atoms with van der Waals surface area (Å²) < 4.78 is 4.88. The highest BCUT2D eigenvalue weighted by atomic mass is 16.6. The molecule has 1 aromatic carbocycles. The Morgan fingerprint density at radius 1 is 1.20 bits per heavy atom. The van der Waals surface area contributed by atoms with Crippen molar-refractivity contribution in [2.75, 3.05) is 13.1 Å². The van der Waals surface area contributed by atoms with Crippen LogP contribution in [0.3, 0.4) is 0 Å². The lowest BCUT2D eigenvalue weighted by atomic mass is 10.1. The maximum Gasteiger partial charge on any atom is 0.315 e. The number of benzene rings is 1. The molecule has 0 bridgehead atoms. The van der Waals surface area contributed by atoms with Gasteiger partial charge in [-0.3, -0.25) is 19.7 Å². The molecule has 0 radical (unpaired) electrons. The molecule has 1 aromatic heterocycles. The number of carbonyl (C=O) groups excluding carboxylic acids is 2. The van der Waals surface area contributed by atoms with Crippen LogP contribution in [0.25, 0.3) is 0 Å². The zero-order chi connectivity index (χ0) is 17.8. The summed E-state index contributed by atoms with van der Waals surface area (Å²) in [6.45, 7) is 0.215. The first-order valence-corrected chi connectivity index (χ1v) is 7.69. The van der Waals surface area contributed by atoms with Crippen molar-refractivity contribution in [3.63, 3.8) is 0 Å². The third kappa shape index (κ3) is 3.97. The quantitative estimate of drug-likeness (QED) is 0.433. The number of para-hydroxylation sites is 1. The van der Waals surface area contributed by atoms with Gasteiger partial charge >= 0.3 is 11.8 Å². The Morgan fingerprint density at radius 3 is 2.56 bits per heavy atom. The highest BCUT2D eigenvalue weighted by Gasteiger charge is 2.29. The van der Waals surface area contributed by atoms with E-state index in [1.165, 1.54) is 24.3 Å². The predicted molar refractivity (Wildman–Crippen MR) is 84.0 cm³/mol. The second-order valence-corrected chi connectivity index (χ2v) is 5.52. The van der Waals surface area contributed by atoms with Gasteiger partial charge in [0.1, 0.15) is 5.56 Å². The summed E-state index contributed by atoms with van der Waals surface area (Å²) in [6.07, 6.45) is 2.00. The molecule has 1 aliphatic carbocycles. The van der Waals surface area contributed by atoms with E-state index in [1.807, 2.05) is 0 Å². The number of rotatable bonds is 7. The van der Waals surface area contributed by atoms with E-state index in [-0.39, 0.29) is 36.1 Å². The van der Waals surface area contributed by atoms with Crippen LogP contribution in [0.2, 0.25) is 0 Å². The third-order valence-electron chi connectivity index (χ3n) is 3.62. The number of hydrogen-bond donors (Lipinski definition) is 2. The summed E-state index contributed by atoms with van der Waals surface area (Å²) in [7, 11) is 0.